The molecule has 0 aliphatic carbocycles. The summed E-state index contributed by atoms with van der Waals surface area (Å²) in [6.45, 7) is 1.54. The van der Waals surface area contributed by atoms with Crippen LogP contribution in [0, 0.1) is 5.92 Å². The minimum Gasteiger partial charge on any atom is -0.507 e. The van der Waals surface area contributed by atoms with Crippen LogP contribution in [0.25, 0.3) is 10.8 Å². The number of amides is 1. The maximum Gasteiger partial charge on any atom is 0.472 e. The molecule has 1 aromatic heterocycles. The van der Waals surface area contributed by atoms with Crippen molar-refractivity contribution in [3.05, 3.63) is 90.2 Å². The molecule has 6 rings (SSSR count). The van der Waals surface area contributed by atoms with Crippen molar-refractivity contribution in [3.63, 3.8) is 0 Å². The molecule has 20 nitrogen and oxygen atoms in total. The third-order valence-corrected chi connectivity index (χ3v) is 11.3. The predicted molar refractivity (Wildman–Crippen MR) is 211 cm³/mol. The summed E-state index contributed by atoms with van der Waals surface area (Å²) in [4.78, 5) is 68.9. The van der Waals surface area contributed by atoms with Crippen LogP contribution in [0.2, 0.25) is 10.0 Å². The number of rotatable bonds is 15. The predicted octanol–water partition coefficient (Wildman–Crippen LogP) is 4.21. The molecule has 23 heteroatoms. The topological polar surface area (TPSA) is 276 Å². The number of nitrogens with zero attached hydrogens (tertiary/aromatic N) is 2. The number of hydrogen-bond acceptors (Lipinski definition) is 16. The molecule has 0 saturated carbocycles. The second kappa shape index (κ2) is 18.6. The molecule has 60 heavy (non-hydrogen) atoms. The quantitative estimate of drug-likeness (QED) is 0.0422. The van der Waals surface area contributed by atoms with Crippen LogP contribution in [-0.4, -0.2) is 92.8 Å². The molecule has 2 aliphatic heterocycles. The summed E-state index contributed by atoms with van der Waals surface area (Å²) in [7, 11) is -3.48. The fourth-order valence-electron chi connectivity index (χ4n) is 6.49. The van der Waals surface area contributed by atoms with Gasteiger partial charge in [0.1, 0.15) is 23.8 Å². The summed E-state index contributed by atoms with van der Waals surface area (Å²) < 4.78 is 46.2. The molecule has 3 aromatic carbocycles. The molecule has 2 fully saturated rings. The maximum absolute atomic E-state index is 13.1. The number of phosphoric acid groups is 1. The molecule has 322 valence electrons. The van der Waals surface area contributed by atoms with Gasteiger partial charge in [0, 0.05) is 48.9 Å². The Hall–Kier alpha value is -5.18. The first kappa shape index (κ1) is 44.4. The summed E-state index contributed by atoms with van der Waals surface area (Å²) in [5.74, 6) is -2.70. The first-order valence-corrected chi connectivity index (χ1v) is 20.3. The maximum atomic E-state index is 13.1. The van der Waals surface area contributed by atoms with Crippen LogP contribution >= 0.6 is 31.0 Å². The normalized spacial score (nSPS) is 22.5. The second-order valence-corrected chi connectivity index (χ2v) is 15.9. The molecule has 1 amide bonds. The number of oxime groups is 1. The molecular formula is C37H39Cl2N4O16P. The van der Waals surface area contributed by atoms with Crippen molar-refractivity contribution in [2.45, 2.75) is 64.1 Å². The Balaban J connectivity index is 1.19. The number of aromatic amines is 1. The Morgan fingerprint density at radius 1 is 1.08 bits per heavy atom. The molecule has 0 radical (unpaired) electrons. The number of aromatic hydroxyl groups is 3. The lowest BCUT2D eigenvalue weighted by molar-refractivity contribution is -0.171. The number of phosphoric ester groups is 1. The minimum absolute atomic E-state index is 0.000467. The zero-order valence-corrected chi connectivity index (χ0v) is 34.3. The van der Waals surface area contributed by atoms with Crippen molar-refractivity contribution in [2.75, 3.05) is 20.3 Å². The Bertz CT molecular complexity index is 2480. The van der Waals surface area contributed by atoms with Gasteiger partial charge in [0.2, 0.25) is 6.29 Å². The number of H-pyrrole nitrogens is 1. The van der Waals surface area contributed by atoms with E-state index in [9.17, 15) is 44.0 Å². The van der Waals surface area contributed by atoms with E-state index >= 15 is 0 Å². The summed E-state index contributed by atoms with van der Waals surface area (Å²) in [6, 6.07) is 8.51. The number of halogens is 2. The van der Waals surface area contributed by atoms with E-state index in [2.05, 4.69) is 15.5 Å². The Labute approximate surface area is 349 Å². The zero-order valence-electron chi connectivity index (χ0n) is 31.9. The lowest BCUT2D eigenvalue weighted by Crippen LogP contribution is -2.36. The lowest BCUT2D eigenvalue weighted by Gasteiger charge is -2.20. The number of esters is 1. The lowest BCUT2D eigenvalue weighted by atomic mass is 10.0. The average molecular weight is 898 g/mol. The van der Waals surface area contributed by atoms with Gasteiger partial charge in [-0.25, -0.2) is 9.36 Å². The standard InChI is InChI=1S/C37H39Cl2N4O16P/c1-17-20(8-32(56-17)57-18(2)44)15-54-60(51,52)55-16-30-28(59-41-13-24-25(38)10-29(53-3)34(47)33(24)39)11-31(58-30)43-14-21(35(48)42-37(43)50)12-40-36(49)23-9-22-19(7-27(23)46)5-4-6-26(22)45/h4-7,9-10,13-14,17,20,28,30-32,45-47H,8,11-12,15-16H2,1-3H3,(H,40,49)(H,51,52)(H,42,48,50)/b41-13+/t17?,20?,28?,30-,31-,32?/m1/s1. The SMILES string of the molecule is COc1cc(Cl)c(/C=N/OC2C[C@H](n3cc(CNC(=O)c4cc5c(O)cccc5cc4O)c(=O)[nH]c3=O)O[C@@H]2COP(=O)(O)OCC2CC(OC(C)=O)OC2C)c(Cl)c1O. The van der Waals surface area contributed by atoms with E-state index < -0.39 is 86.6 Å². The van der Waals surface area contributed by atoms with E-state index in [1.165, 1.54) is 38.3 Å². The van der Waals surface area contributed by atoms with Crippen molar-refractivity contribution in [1.29, 1.82) is 0 Å². The largest absolute Gasteiger partial charge is 0.507 e. The van der Waals surface area contributed by atoms with Crippen molar-refractivity contribution in [3.8, 4) is 23.0 Å². The molecule has 3 heterocycles. The van der Waals surface area contributed by atoms with Crippen LogP contribution in [0.3, 0.4) is 0 Å². The molecule has 2 aliphatic rings. The van der Waals surface area contributed by atoms with Gasteiger partial charge < -0.3 is 49.3 Å². The van der Waals surface area contributed by atoms with E-state index in [-0.39, 0.29) is 63.4 Å². The number of carbonyl (C=O) groups excluding carboxylic acids is 2. The zero-order chi connectivity index (χ0) is 43.5. The van der Waals surface area contributed by atoms with Gasteiger partial charge >= 0.3 is 19.5 Å². The van der Waals surface area contributed by atoms with Crippen molar-refractivity contribution < 1.29 is 67.2 Å². The van der Waals surface area contributed by atoms with Gasteiger partial charge in [-0.15, -0.1) is 0 Å². The monoisotopic (exact) mass is 896 g/mol. The van der Waals surface area contributed by atoms with Crippen LogP contribution < -0.4 is 21.3 Å². The van der Waals surface area contributed by atoms with Gasteiger partial charge in [-0.3, -0.25) is 33.0 Å². The molecule has 7 atom stereocenters. The number of carbonyl (C=O) groups is 2. The van der Waals surface area contributed by atoms with Crippen LogP contribution in [0.4, 0.5) is 0 Å². The molecule has 0 bridgehead atoms. The highest BCUT2D eigenvalue weighted by Gasteiger charge is 2.42. The second-order valence-electron chi connectivity index (χ2n) is 13.7. The summed E-state index contributed by atoms with van der Waals surface area (Å²) in [5, 5.41) is 38.1. The molecule has 2 saturated heterocycles. The first-order chi connectivity index (χ1) is 28.4. The summed E-state index contributed by atoms with van der Waals surface area (Å²) in [5.41, 5.74) is -2.02. The van der Waals surface area contributed by atoms with E-state index in [4.69, 9.17) is 56.0 Å². The van der Waals surface area contributed by atoms with Gasteiger partial charge in [-0.2, -0.15) is 0 Å². The van der Waals surface area contributed by atoms with Crippen LogP contribution in [0.15, 0.2) is 57.3 Å². The number of hydrogen-bond donors (Lipinski definition) is 6. The molecule has 6 N–H and O–H groups in total. The number of phenols is 3. The highest BCUT2D eigenvalue weighted by molar-refractivity contribution is 7.47. The number of fused-ring (bicyclic) bond motifs is 1. The van der Waals surface area contributed by atoms with E-state index in [0.717, 1.165) is 17.0 Å². The van der Waals surface area contributed by atoms with Crippen molar-refractivity contribution >= 4 is 59.9 Å². The van der Waals surface area contributed by atoms with Crippen LogP contribution in [0.5, 0.6) is 23.0 Å². The van der Waals surface area contributed by atoms with Crippen LogP contribution in [-0.2, 0) is 44.0 Å². The van der Waals surface area contributed by atoms with E-state index in [0.29, 0.717) is 10.8 Å². The number of phenolic OH excluding ortho intramolecular Hbond substituents is 3. The molecular weight excluding hydrogens is 858 g/mol. The van der Waals surface area contributed by atoms with Crippen molar-refractivity contribution in [2.24, 2.45) is 11.1 Å². The van der Waals surface area contributed by atoms with Crippen molar-refractivity contribution in [1.82, 2.24) is 14.9 Å². The number of aromatic nitrogens is 2. The van der Waals surface area contributed by atoms with Gasteiger partial charge in [0.25, 0.3) is 11.5 Å². The number of ether oxygens (including phenoxy) is 4. The fraction of sp³-hybridized carbons (Fsp3) is 0.378. The molecule has 4 aromatic rings. The summed E-state index contributed by atoms with van der Waals surface area (Å²) in [6.07, 6.45) is -2.61. The summed E-state index contributed by atoms with van der Waals surface area (Å²) >= 11 is 12.6. The Kier molecular flexibility index (Phi) is 13.8. The molecule has 0 spiro atoms. The van der Waals surface area contributed by atoms with Gasteiger partial charge in [0.15, 0.2) is 17.6 Å². The van der Waals surface area contributed by atoms with Gasteiger partial charge in [-0.05, 0) is 30.5 Å². The third kappa shape index (κ3) is 10.2. The average Bonchev–Trinajstić information content (AvgIpc) is 3.76. The highest BCUT2D eigenvalue weighted by Crippen LogP contribution is 2.46. The molecule has 5 unspecified atom stereocenters. The highest BCUT2D eigenvalue weighted by atomic mass is 35.5. The Morgan fingerprint density at radius 2 is 1.83 bits per heavy atom. The number of benzene rings is 3. The van der Waals surface area contributed by atoms with E-state index in [1.807, 2.05) is 0 Å². The first-order valence-electron chi connectivity index (χ1n) is 18.1. The Morgan fingerprint density at radius 3 is 2.57 bits per heavy atom. The third-order valence-electron chi connectivity index (χ3n) is 9.66. The smallest absolute Gasteiger partial charge is 0.472 e. The van der Waals surface area contributed by atoms with Gasteiger partial charge in [-0.1, -0.05) is 40.5 Å². The fourth-order valence-corrected chi connectivity index (χ4v) is 7.81. The van der Waals surface area contributed by atoms with Gasteiger partial charge in [0.05, 0.1) is 60.4 Å². The van der Waals surface area contributed by atoms with E-state index in [1.54, 1.807) is 19.1 Å². The van der Waals surface area contributed by atoms with Crippen LogP contribution in [0.1, 0.15) is 54.4 Å². The number of methoxy groups -OCH3 is 1. The number of nitrogens with one attached hydrogen (secondary N) is 2. The minimum atomic E-state index is -4.78.